The summed E-state index contributed by atoms with van der Waals surface area (Å²) < 4.78 is 5.20. The predicted molar refractivity (Wildman–Crippen MR) is 61.6 cm³/mol. The van der Waals surface area contributed by atoms with E-state index in [-0.39, 0.29) is 11.8 Å². The Labute approximate surface area is 92.6 Å². The summed E-state index contributed by atoms with van der Waals surface area (Å²) in [7, 11) is 0. The van der Waals surface area contributed by atoms with Gasteiger partial charge < -0.3 is 15.8 Å². The highest BCUT2D eigenvalue weighted by Crippen LogP contribution is 2.06. The van der Waals surface area contributed by atoms with Gasteiger partial charge in [0.2, 0.25) is 5.91 Å². The van der Waals surface area contributed by atoms with Crippen LogP contribution in [0, 0.1) is 5.92 Å². The maximum absolute atomic E-state index is 11.5. The van der Waals surface area contributed by atoms with Crippen molar-refractivity contribution in [1.29, 1.82) is 0 Å². The van der Waals surface area contributed by atoms with E-state index >= 15 is 0 Å². The van der Waals surface area contributed by atoms with Gasteiger partial charge in [-0.2, -0.15) is 0 Å². The Morgan fingerprint density at radius 2 is 2.00 bits per heavy atom. The van der Waals surface area contributed by atoms with Crippen LogP contribution in [0.5, 0.6) is 0 Å². The van der Waals surface area contributed by atoms with Gasteiger partial charge in [0.15, 0.2) is 0 Å². The molecule has 0 aliphatic heterocycles. The Hall–Kier alpha value is -0.610. The molecule has 90 valence electrons. The van der Waals surface area contributed by atoms with E-state index in [4.69, 9.17) is 10.5 Å². The van der Waals surface area contributed by atoms with Crippen LogP contribution in [0.1, 0.15) is 33.1 Å². The number of nitrogens with one attached hydrogen (secondary N) is 1. The number of carbonyl (C=O) groups is 1. The van der Waals surface area contributed by atoms with E-state index in [1.54, 1.807) is 0 Å². The summed E-state index contributed by atoms with van der Waals surface area (Å²) in [6.07, 6.45) is 2.67. The summed E-state index contributed by atoms with van der Waals surface area (Å²) in [4.78, 5) is 11.5. The van der Waals surface area contributed by atoms with Gasteiger partial charge in [-0.25, -0.2) is 0 Å². The molecule has 4 nitrogen and oxygen atoms in total. The van der Waals surface area contributed by atoms with E-state index in [1.807, 2.05) is 13.8 Å². The second kappa shape index (κ2) is 9.93. The molecular formula is C11H24N2O2. The summed E-state index contributed by atoms with van der Waals surface area (Å²) >= 11 is 0. The van der Waals surface area contributed by atoms with Crippen LogP contribution in [-0.2, 0) is 9.53 Å². The van der Waals surface area contributed by atoms with Gasteiger partial charge in [-0.15, -0.1) is 0 Å². The SMILES string of the molecule is CCC(CC)C(=O)NCCCOCCN. The van der Waals surface area contributed by atoms with E-state index < -0.39 is 0 Å². The summed E-state index contributed by atoms with van der Waals surface area (Å²) in [6.45, 7) is 6.59. The third-order valence-corrected chi connectivity index (χ3v) is 2.38. The maximum atomic E-state index is 11.5. The zero-order valence-corrected chi connectivity index (χ0v) is 9.92. The highest BCUT2D eigenvalue weighted by atomic mass is 16.5. The molecule has 0 saturated carbocycles. The average Bonchev–Trinajstić information content (AvgIpc) is 2.25. The molecule has 4 heteroatoms. The first-order chi connectivity index (χ1) is 7.26. The smallest absolute Gasteiger partial charge is 0.223 e. The topological polar surface area (TPSA) is 64.3 Å². The molecule has 0 heterocycles. The number of ether oxygens (including phenoxy) is 1. The molecule has 0 bridgehead atoms. The molecule has 0 radical (unpaired) electrons. The van der Waals surface area contributed by atoms with E-state index in [2.05, 4.69) is 5.32 Å². The van der Waals surface area contributed by atoms with Crippen molar-refractivity contribution in [3.63, 3.8) is 0 Å². The first-order valence-corrected chi connectivity index (χ1v) is 5.81. The van der Waals surface area contributed by atoms with Crippen molar-refractivity contribution in [3.8, 4) is 0 Å². The molecule has 0 aliphatic carbocycles. The van der Waals surface area contributed by atoms with Gasteiger partial charge >= 0.3 is 0 Å². The highest BCUT2D eigenvalue weighted by molar-refractivity contribution is 5.78. The normalized spacial score (nSPS) is 10.7. The third-order valence-electron chi connectivity index (χ3n) is 2.38. The fourth-order valence-corrected chi connectivity index (χ4v) is 1.38. The Morgan fingerprint density at radius 1 is 1.33 bits per heavy atom. The van der Waals surface area contributed by atoms with E-state index in [0.29, 0.717) is 26.3 Å². The number of hydrogen-bond acceptors (Lipinski definition) is 3. The molecular weight excluding hydrogens is 192 g/mol. The molecule has 0 spiro atoms. The maximum Gasteiger partial charge on any atom is 0.223 e. The molecule has 0 aromatic rings. The number of hydrogen-bond donors (Lipinski definition) is 2. The zero-order chi connectivity index (χ0) is 11.5. The summed E-state index contributed by atoms with van der Waals surface area (Å²) in [5.41, 5.74) is 5.27. The van der Waals surface area contributed by atoms with Crippen LogP contribution in [0.3, 0.4) is 0 Å². The molecule has 0 saturated heterocycles. The zero-order valence-electron chi connectivity index (χ0n) is 9.92. The van der Waals surface area contributed by atoms with Crippen LogP contribution in [0.4, 0.5) is 0 Å². The van der Waals surface area contributed by atoms with Crippen LogP contribution >= 0.6 is 0 Å². The molecule has 0 atom stereocenters. The molecule has 0 aromatic carbocycles. The number of carbonyl (C=O) groups excluding carboxylic acids is 1. The van der Waals surface area contributed by atoms with Gasteiger partial charge in [-0.05, 0) is 19.3 Å². The highest BCUT2D eigenvalue weighted by Gasteiger charge is 2.12. The Morgan fingerprint density at radius 3 is 2.53 bits per heavy atom. The minimum absolute atomic E-state index is 0.162. The minimum Gasteiger partial charge on any atom is -0.380 e. The van der Waals surface area contributed by atoms with Crippen molar-refractivity contribution >= 4 is 5.91 Å². The second-order valence-electron chi connectivity index (χ2n) is 3.56. The summed E-state index contributed by atoms with van der Waals surface area (Å²) in [5, 5.41) is 2.91. The standard InChI is InChI=1S/C11H24N2O2/c1-3-10(4-2)11(14)13-7-5-8-15-9-6-12/h10H,3-9,12H2,1-2H3,(H,13,14). The first kappa shape index (κ1) is 14.4. The van der Waals surface area contributed by atoms with Crippen molar-refractivity contribution in [2.75, 3.05) is 26.3 Å². The van der Waals surface area contributed by atoms with Crippen molar-refractivity contribution < 1.29 is 9.53 Å². The Bertz CT molecular complexity index is 159. The predicted octanol–water partition coefficient (Wildman–Crippen LogP) is 0.904. The Balaban J connectivity index is 3.38. The number of amides is 1. The lowest BCUT2D eigenvalue weighted by molar-refractivity contribution is -0.125. The van der Waals surface area contributed by atoms with Crippen LogP contribution in [0.2, 0.25) is 0 Å². The minimum atomic E-state index is 0.162. The van der Waals surface area contributed by atoms with Gasteiger partial charge in [0, 0.05) is 25.6 Å². The van der Waals surface area contributed by atoms with Gasteiger partial charge in [-0.3, -0.25) is 4.79 Å². The monoisotopic (exact) mass is 216 g/mol. The van der Waals surface area contributed by atoms with Crippen molar-refractivity contribution in [3.05, 3.63) is 0 Å². The van der Waals surface area contributed by atoms with Crippen LogP contribution in [-0.4, -0.2) is 32.2 Å². The first-order valence-electron chi connectivity index (χ1n) is 5.81. The number of rotatable bonds is 9. The van der Waals surface area contributed by atoms with Gasteiger partial charge in [0.05, 0.1) is 6.61 Å². The van der Waals surface area contributed by atoms with Crippen molar-refractivity contribution in [2.24, 2.45) is 11.7 Å². The summed E-state index contributed by atoms with van der Waals surface area (Å²) in [5.74, 6) is 0.328. The van der Waals surface area contributed by atoms with Crippen molar-refractivity contribution in [2.45, 2.75) is 33.1 Å². The fourth-order valence-electron chi connectivity index (χ4n) is 1.38. The van der Waals surface area contributed by atoms with Crippen LogP contribution in [0.15, 0.2) is 0 Å². The molecule has 0 rings (SSSR count). The molecule has 15 heavy (non-hydrogen) atoms. The quantitative estimate of drug-likeness (QED) is 0.563. The van der Waals surface area contributed by atoms with Gasteiger partial charge in [0.25, 0.3) is 0 Å². The second-order valence-corrected chi connectivity index (χ2v) is 3.56. The average molecular weight is 216 g/mol. The molecule has 0 unspecified atom stereocenters. The van der Waals surface area contributed by atoms with E-state index in [0.717, 1.165) is 19.3 Å². The summed E-state index contributed by atoms with van der Waals surface area (Å²) in [6, 6.07) is 0. The lowest BCUT2D eigenvalue weighted by Gasteiger charge is -2.12. The molecule has 0 fully saturated rings. The van der Waals surface area contributed by atoms with Crippen LogP contribution < -0.4 is 11.1 Å². The van der Waals surface area contributed by atoms with Crippen molar-refractivity contribution in [1.82, 2.24) is 5.32 Å². The van der Waals surface area contributed by atoms with Gasteiger partial charge in [0.1, 0.15) is 0 Å². The lowest BCUT2D eigenvalue weighted by atomic mass is 10.0. The Kier molecular flexibility index (Phi) is 9.52. The number of nitrogens with two attached hydrogens (primary N) is 1. The largest absolute Gasteiger partial charge is 0.380 e. The lowest BCUT2D eigenvalue weighted by Crippen LogP contribution is -2.31. The molecule has 3 N–H and O–H groups in total. The fraction of sp³-hybridized carbons (Fsp3) is 0.909. The third kappa shape index (κ3) is 7.33. The van der Waals surface area contributed by atoms with Gasteiger partial charge in [-0.1, -0.05) is 13.8 Å². The molecule has 1 amide bonds. The molecule has 0 aromatic heterocycles. The van der Waals surface area contributed by atoms with E-state index in [9.17, 15) is 4.79 Å². The van der Waals surface area contributed by atoms with E-state index in [1.165, 1.54) is 0 Å². The molecule has 0 aliphatic rings. The van der Waals surface area contributed by atoms with Crippen LogP contribution in [0.25, 0.3) is 0 Å².